The van der Waals surface area contributed by atoms with E-state index in [0.29, 0.717) is 28.7 Å². The van der Waals surface area contributed by atoms with Gasteiger partial charge in [0.15, 0.2) is 0 Å². The Bertz CT molecular complexity index is 2940. The number of carbonyl (C=O) groups is 2. The third kappa shape index (κ3) is 4.92. The molecule has 0 fully saturated rings. The molecule has 6 heteroatoms. The smallest absolute Gasteiger partial charge is 0.264 e. The number of fused-ring (bicyclic) bond motifs is 7. The number of hydrogen-bond acceptors (Lipinski definition) is 4. The predicted molar refractivity (Wildman–Crippen MR) is 223 cm³/mol. The summed E-state index contributed by atoms with van der Waals surface area (Å²) < 4.78 is 1.77. The lowest BCUT2D eigenvalue weighted by molar-refractivity contribution is 0.0607. The van der Waals surface area contributed by atoms with E-state index in [2.05, 4.69) is 43.3 Å². The number of imide groups is 1. The number of aromatic nitrogens is 2. The summed E-state index contributed by atoms with van der Waals surface area (Å²) >= 11 is 0. The number of pyridine rings is 1. The van der Waals surface area contributed by atoms with Crippen molar-refractivity contribution in [2.45, 2.75) is 84.0 Å². The fraction of sp³-hybridized carbons (Fsp3) is 0.292. The Morgan fingerprint density at radius 2 is 0.981 bits per heavy atom. The normalized spacial score (nSPS) is 13.6. The van der Waals surface area contributed by atoms with E-state index >= 15 is 0 Å². The summed E-state index contributed by atoms with van der Waals surface area (Å²) in [6, 6.07) is 28.4. The zero-order chi connectivity index (χ0) is 36.5. The summed E-state index contributed by atoms with van der Waals surface area (Å²) in [7, 11) is 0. The van der Waals surface area contributed by atoms with Gasteiger partial charge in [-0.2, -0.15) is 0 Å². The van der Waals surface area contributed by atoms with Gasteiger partial charge in [0.25, 0.3) is 17.4 Å². The highest BCUT2D eigenvalue weighted by Crippen LogP contribution is 2.46. The maximum absolute atomic E-state index is 14.4. The lowest BCUT2D eigenvalue weighted by atomic mass is 9.84. The number of imidazole rings is 1. The molecule has 1 aliphatic heterocycles. The molecule has 0 aliphatic carbocycles. The summed E-state index contributed by atoms with van der Waals surface area (Å²) in [4.78, 5) is 48.9. The second-order valence-corrected chi connectivity index (χ2v) is 15.6. The van der Waals surface area contributed by atoms with E-state index in [-0.39, 0.29) is 17.4 Å². The fourth-order valence-electron chi connectivity index (χ4n) is 9.58. The van der Waals surface area contributed by atoms with Crippen molar-refractivity contribution in [1.82, 2.24) is 14.3 Å². The van der Waals surface area contributed by atoms with Crippen LogP contribution in [0.5, 0.6) is 0 Å². The molecule has 54 heavy (non-hydrogen) atoms. The molecule has 0 spiro atoms. The van der Waals surface area contributed by atoms with Crippen LogP contribution in [0.3, 0.4) is 0 Å². The van der Waals surface area contributed by atoms with Gasteiger partial charge >= 0.3 is 0 Å². The standard InChI is InChI=1S/C48H43N3O3/c1-2-3-4-5-6-7-8-9-10-11-12-15-26-50-46(52)36-23-19-33-31-18-22-35-43-38(25-21-32(41(31)43)34-20-24-37(47(50)53)44(36)42(33)34)48(54)51-40-28-30-17-14-13-16-29(30)27-39(40)49-45(35)51/h13-14,16-25,27-28H,2-12,15,26H2,1H3. The van der Waals surface area contributed by atoms with E-state index < -0.39 is 0 Å². The summed E-state index contributed by atoms with van der Waals surface area (Å²) in [5, 5.41) is 11.3. The van der Waals surface area contributed by atoms with Gasteiger partial charge in [0.2, 0.25) is 0 Å². The van der Waals surface area contributed by atoms with Crippen molar-refractivity contribution in [2.24, 2.45) is 0 Å². The molecule has 0 bridgehead atoms. The topological polar surface area (TPSA) is 71.8 Å². The van der Waals surface area contributed by atoms with Crippen molar-refractivity contribution in [2.75, 3.05) is 6.54 Å². The molecule has 0 atom stereocenters. The maximum atomic E-state index is 14.4. The molecule has 3 heterocycles. The van der Waals surface area contributed by atoms with Gasteiger partial charge in [-0.15, -0.1) is 0 Å². The molecule has 2 amide bonds. The van der Waals surface area contributed by atoms with Crippen LogP contribution in [0.15, 0.2) is 89.7 Å². The molecule has 2 aromatic heterocycles. The molecule has 0 N–H and O–H groups in total. The van der Waals surface area contributed by atoms with Gasteiger partial charge in [-0.05, 0) is 85.9 Å². The zero-order valence-corrected chi connectivity index (χ0v) is 30.8. The first-order chi connectivity index (χ1) is 26.5. The molecule has 7 aromatic carbocycles. The highest BCUT2D eigenvalue weighted by Gasteiger charge is 2.34. The number of amides is 2. The van der Waals surface area contributed by atoms with E-state index in [1.54, 1.807) is 4.40 Å². The third-order valence-electron chi connectivity index (χ3n) is 12.3. The Kier molecular flexibility index (Phi) is 7.97. The third-order valence-corrected chi connectivity index (χ3v) is 12.3. The predicted octanol–water partition coefficient (Wildman–Crippen LogP) is 11.9. The van der Waals surface area contributed by atoms with Gasteiger partial charge in [0.05, 0.1) is 11.0 Å². The van der Waals surface area contributed by atoms with E-state index in [1.807, 2.05) is 48.5 Å². The van der Waals surface area contributed by atoms with Crippen LogP contribution in [0, 0.1) is 0 Å². The first kappa shape index (κ1) is 33.0. The second kappa shape index (κ2) is 13.0. The first-order valence-corrected chi connectivity index (χ1v) is 20.1. The van der Waals surface area contributed by atoms with E-state index in [0.717, 1.165) is 89.5 Å². The van der Waals surface area contributed by atoms with Crippen molar-refractivity contribution >= 4 is 93.1 Å². The molecule has 268 valence electrons. The van der Waals surface area contributed by atoms with E-state index in [9.17, 15) is 14.4 Å². The van der Waals surface area contributed by atoms with Crippen LogP contribution in [0.1, 0.15) is 105 Å². The van der Waals surface area contributed by atoms with E-state index in [4.69, 9.17) is 4.98 Å². The van der Waals surface area contributed by atoms with Gasteiger partial charge in [0, 0.05) is 39.2 Å². The van der Waals surface area contributed by atoms with Crippen LogP contribution in [0.2, 0.25) is 0 Å². The SMILES string of the molecule is CCCCCCCCCCCCCCN1C(=O)c2ccc3c4ccc5c(=O)n6c7cc8ccccc8cc7nc6c6ccc(c7ccc(c2c37)C1=O)c4c56. The highest BCUT2D eigenvalue weighted by atomic mass is 16.2. The van der Waals surface area contributed by atoms with Crippen LogP contribution in [-0.4, -0.2) is 32.6 Å². The summed E-state index contributed by atoms with van der Waals surface area (Å²) in [5.74, 6) is -0.403. The molecular weight excluding hydrogens is 667 g/mol. The Morgan fingerprint density at radius 1 is 0.500 bits per heavy atom. The van der Waals surface area contributed by atoms with E-state index in [1.165, 1.54) is 62.7 Å². The van der Waals surface area contributed by atoms with Crippen molar-refractivity contribution in [3.8, 4) is 0 Å². The van der Waals surface area contributed by atoms with Gasteiger partial charge in [-0.3, -0.25) is 23.7 Å². The molecular formula is C48H43N3O3. The van der Waals surface area contributed by atoms with Crippen LogP contribution in [0.4, 0.5) is 0 Å². The van der Waals surface area contributed by atoms with Gasteiger partial charge in [-0.25, -0.2) is 4.98 Å². The van der Waals surface area contributed by atoms with Crippen LogP contribution < -0.4 is 5.56 Å². The van der Waals surface area contributed by atoms with Crippen LogP contribution in [0.25, 0.3) is 81.3 Å². The number of rotatable bonds is 13. The molecule has 0 radical (unpaired) electrons. The number of nitrogens with zero attached hydrogens (tertiary/aromatic N) is 3. The first-order valence-electron chi connectivity index (χ1n) is 20.1. The minimum atomic E-state index is -0.201. The minimum absolute atomic E-state index is 0.0838. The second-order valence-electron chi connectivity index (χ2n) is 15.6. The Labute approximate surface area is 313 Å². The van der Waals surface area contributed by atoms with Crippen molar-refractivity contribution < 1.29 is 9.59 Å². The quantitative estimate of drug-likeness (QED) is 0.0517. The Balaban J connectivity index is 0.990. The largest absolute Gasteiger partial charge is 0.274 e. The monoisotopic (exact) mass is 709 g/mol. The van der Waals surface area contributed by atoms with Crippen molar-refractivity contribution in [3.63, 3.8) is 0 Å². The molecule has 6 nitrogen and oxygen atoms in total. The number of benzene rings is 7. The molecule has 9 aromatic rings. The van der Waals surface area contributed by atoms with Crippen LogP contribution >= 0.6 is 0 Å². The number of carbonyl (C=O) groups excluding carboxylic acids is 2. The van der Waals surface area contributed by atoms with Crippen molar-refractivity contribution in [3.05, 3.63) is 106 Å². The molecule has 0 saturated carbocycles. The zero-order valence-electron chi connectivity index (χ0n) is 30.8. The number of unbranched alkanes of at least 4 members (excludes halogenated alkanes) is 11. The average molecular weight is 710 g/mol. The van der Waals surface area contributed by atoms with Crippen LogP contribution in [-0.2, 0) is 0 Å². The minimum Gasteiger partial charge on any atom is -0.274 e. The van der Waals surface area contributed by atoms with Gasteiger partial charge in [-0.1, -0.05) is 126 Å². The average Bonchev–Trinajstić information content (AvgIpc) is 3.57. The molecule has 10 rings (SSSR count). The lowest BCUT2D eigenvalue weighted by Gasteiger charge is -2.28. The maximum Gasteiger partial charge on any atom is 0.264 e. The summed E-state index contributed by atoms with van der Waals surface area (Å²) in [6.45, 7) is 2.71. The molecule has 0 unspecified atom stereocenters. The fourth-order valence-corrected chi connectivity index (χ4v) is 9.58. The summed E-state index contributed by atoms with van der Waals surface area (Å²) in [6.07, 6.45) is 14.8. The Hall–Kier alpha value is -5.62. The summed E-state index contributed by atoms with van der Waals surface area (Å²) in [5.41, 5.74) is 3.35. The van der Waals surface area contributed by atoms with Crippen molar-refractivity contribution in [1.29, 1.82) is 0 Å². The molecule has 1 aliphatic rings. The van der Waals surface area contributed by atoms with Gasteiger partial charge in [0.1, 0.15) is 5.65 Å². The van der Waals surface area contributed by atoms with Gasteiger partial charge < -0.3 is 0 Å². The molecule has 0 saturated heterocycles. The highest BCUT2D eigenvalue weighted by molar-refractivity contribution is 6.41. The number of hydrogen-bond donors (Lipinski definition) is 0. The lowest BCUT2D eigenvalue weighted by Crippen LogP contribution is -2.40. The Morgan fingerprint density at radius 3 is 1.59 bits per heavy atom.